The molecule has 0 unspecified atom stereocenters. The molecule has 0 aromatic heterocycles. The fourth-order valence-electron chi connectivity index (χ4n) is 9.47. The average molecular weight is 705 g/mol. The van der Waals surface area contributed by atoms with Crippen LogP contribution in [0.2, 0.25) is 18.1 Å². The van der Waals surface area contributed by atoms with Gasteiger partial charge in [-0.2, -0.15) is 0 Å². The van der Waals surface area contributed by atoms with Crippen molar-refractivity contribution in [3.63, 3.8) is 0 Å². The van der Waals surface area contributed by atoms with Gasteiger partial charge in [-0.3, -0.25) is 0 Å². The molecule has 0 N–H and O–H groups in total. The molecule has 0 aromatic rings. The van der Waals surface area contributed by atoms with Crippen LogP contribution in [-0.4, -0.2) is 64.6 Å². The highest BCUT2D eigenvalue weighted by Crippen LogP contribution is 2.60. The van der Waals surface area contributed by atoms with Crippen LogP contribution < -0.4 is 0 Å². The molecule has 0 radical (unpaired) electrons. The zero-order chi connectivity index (χ0) is 36.3. The number of methoxy groups -OCH3 is 1. The summed E-state index contributed by atoms with van der Waals surface area (Å²) in [6.45, 7) is 29.3. The molecule has 3 saturated carbocycles. The smallest absolute Gasteiger partial charge is 0.191 e. The SMILES string of the molecule is COCOC(C)(C)CCC[C@@H](C)[C@H]1CC[C@H]2/C(=C/C=C3\C[C@@H](OCCCCO[Si](C)(C)C(C)(C)C)[C@]4(C)OC(C)(C)O[C@@H]4C3)CCC[C@]12C. The lowest BCUT2D eigenvalue weighted by Crippen LogP contribution is -2.52. The van der Waals surface area contributed by atoms with E-state index in [1.165, 1.54) is 50.5 Å². The highest BCUT2D eigenvalue weighted by atomic mass is 28.4. The fraction of sp³-hybridized carbons (Fsp3) is 0.905. The first-order chi connectivity index (χ1) is 22.7. The molecular weight excluding hydrogens is 629 g/mol. The summed E-state index contributed by atoms with van der Waals surface area (Å²) in [5.74, 6) is 1.63. The molecule has 1 heterocycles. The van der Waals surface area contributed by atoms with E-state index in [1.54, 1.807) is 12.7 Å². The number of unbranched alkanes of at least 4 members (excludes halogenated alkanes) is 1. The van der Waals surface area contributed by atoms with E-state index in [1.807, 2.05) is 13.8 Å². The van der Waals surface area contributed by atoms with E-state index in [4.69, 9.17) is 28.1 Å². The van der Waals surface area contributed by atoms with Crippen molar-refractivity contribution in [2.24, 2.45) is 23.2 Å². The Morgan fingerprint density at radius 2 is 1.67 bits per heavy atom. The third-order valence-electron chi connectivity index (χ3n) is 13.5. The lowest BCUT2D eigenvalue weighted by molar-refractivity contribution is -0.187. The van der Waals surface area contributed by atoms with Gasteiger partial charge < -0.3 is 28.1 Å². The highest BCUT2D eigenvalue weighted by Gasteiger charge is 2.57. The van der Waals surface area contributed by atoms with Crippen LogP contribution in [0, 0.1) is 23.2 Å². The Bertz CT molecular complexity index is 1140. The molecule has 4 aliphatic rings. The van der Waals surface area contributed by atoms with Gasteiger partial charge in [0, 0.05) is 20.3 Å². The molecule has 6 nitrogen and oxygen atoms in total. The maximum absolute atomic E-state index is 6.69. The second-order valence-corrected chi connectivity index (χ2v) is 24.0. The summed E-state index contributed by atoms with van der Waals surface area (Å²) in [4.78, 5) is 0. The van der Waals surface area contributed by atoms with Crippen molar-refractivity contribution in [1.82, 2.24) is 0 Å². The second-order valence-electron chi connectivity index (χ2n) is 19.2. The van der Waals surface area contributed by atoms with Crippen LogP contribution in [0.1, 0.15) is 146 Å². The van der Waals surface area contributed by atoms with Gasteiger partial charge in [-0.1, -0.05) is 70.8 Å². The Morgan fingerprint density at radius 1 is 0.959 bits per heavy atom. The molecule has 1 saturated heterocycles. The van der Waals surface area contributed by atoms with Crippen LogP contribution in [0.3, 0.4) is 0 Å². The zero-order valence-corrected chi connectivity index (χ0v) is 35.1. The Balaban J connectivity index is 1.37. The van der Waals surface area contributed by atoms with Crippen LogP contribution in [0.25, 0.3) is 0 Å². The summed E-state index contributed by atoms with van der Waals surface area (Å²) in [5, 5.41) is 0.242. The lowest BCUT2D eigenvalue weighted by Gasteiger charge is -2.44. The Hall–Kier alpha value is -0.543. The third kappa shape index (κ3) is 10.1. The normalized spacial score (nSPS) is 34.4. The van der Waals surface area contributed by atoms with E-state index >= 15 is 0 Å². The van der Waals surface area contributed by atoms with Gasteiger partial charge >= 0.3 is 0 Å². The standard InChI is InChI=1S/C42H76O6Si/c1-31(18-16-24-39(5,6)45-30-43-11)34-22-23-35-33(19-17-25-41(34,35)9)21-20-32-28-36(42(10)37(29-32)47-40(7,8)48-42)44-26-14-15-27-46-49(12,13)38(2,3)4/h20-21,31,34-37H,14-19,22-30H2,1-13H3/b32-20+,33-21+/t31-,34-,35+,36-,37-,41-,42+/m1/s1. The van der Waals surface area contributed by atoms with E-state index in [-0.39, 0.29) is 22.8 Å². The average Bonchev–Trinajstić information content (AvgIpc) is 3.47. The van der Waals surface area contributed by atoms with Gasteiger partial charge in [-0.05, 0) is 140 Å². The van der Waals surface area contributed by atoms with E-state index < -0.39 is 19.7 Å². The molecule has 1 aliphatic heterocycles. The Labute approximate surface area is 302 Å². The quantitative estimate of drug-likeness (QED) is 0.0906. The molecule has 0 bridgehead atoms. The van der Waals surface area contributed by atoms with Crippen molar-refractivity contribution in [2.75, 3.05) is 27.1 Å². The number of fused-ring (bicyclic) bond motifs is 2. The maximum Gasteiger partial charge on any atom is 0.191 e. The number of allylic oxidation sites excluding steroid dienone is 3. The van der Waals surface area contributed by atoms with Gasteiger partial charge in [0.25, 0.3) is 0 Å². The first-order valence-electron chi connectivity index (χ1n) is 19.9. The summed E-state index contributed by atoms with van der Waals surface area (Å²) in [7, 11) is -0.0138. The van der Waals surface area contributed by atoms with Crippen molar-refractivity contribution >= 4 is 8.32 Å². The Kier molecular flexibility index (Phi) is 13.6. The number of ether oxygens (including phenoxy) is 5. The maximum atomic E-state index is 6.69. The van der Waals surface area contributed by atoms with Crippen molar-refractivity contribution in [2.45, 2.75) is 194 Å². The third-order valence-corrected chi connectivity index (χ3v) is 18.0. The summed E-state index contributed by atoms with van der Waals surface area (Å²) >= 11 is 0. The van der Waals surface area contributed by atoms with E-state index in [9.17, 15) is 0 Å². The zero-order valence-electron chi connectivity index (χ0n) is 34.1. The minimum absolute atomic E-state index is 0.00558. The predicted molar refractivity (Wildman–Crippen MR) is 204 cm³/mol. The molecular formula is C42H76O6Si. The monoisotopic (exact) mass is 705 g/mol. The molecule has 284 valence electrons. The molecule has 3 aliphatic carbocycles. The van der Waals surface area contributed by atoms with Crippen LogP contribution in [0.4, 0.5) is 0 Å². The minimum atomic E-state index is -1.71. The van der Waals surface area contributed by atoms with Gasteiger partial charge in [-0.15, -0.1) is 0 Å². The first-order valence-corrected chi connectivity index (χ1v) is 22.8. The van der Waals surface area contributed by atoms with Gasteiger partial charge in [0.1, 0.15) is 12.4 Å². The highest BCUT2D eigenvalue weighted by molar-refractivity contribution is 6.74. The number of hydrogen-bond acceptors (Lipinski definition) is 6. The van der Waals surface area contributed by atoms with Gasteiger partial charge in [-0.25, -0.2) is 0 Å². The molecule has 0 amide bonds. The van der Waals surface area contributed by atoms with Crippen molar-refractivity contribution in [3.05, 3.63) is 23.3 Å². The molecule has 7 heteroatoms. The number of hydrogen-bond donors (Lipinski definition) is 0. The van der Waals surface area contributed by atoms with Gasteiger partial charge in [0.2, 0.25) is 0 Å². The van der Waals surface area contributed by atoms with Crippen LogP contribution in [-0.2, 0) is 28.1 Å². The number of rotatable bonds is 16. The van der Waals surface area contributed by atoms with Gasteiger partial charge in [0.15, 0.2) is 14.1 Å². The van der Waals surface area contributed by atoms with Gasteiger partial charge in [0.05, 0.1) is 17.8 Å². The predicted octanol–water partition coefficient (Wildman–Crippen LogP) is 11.2. The van der Waals surface area contributed by atoms with E-state index in [2.05, 4.69) is 80.6 Å². The van der Waals surface area contributed by atoms with Crippen molar-refractivity contribution in [1.29, 1.82) is 0 Å². The molecule has 4 rings (SSSR count). The summed E-state index contributed by atoms with van der Waals surface area (Å²) in [6, 6.07) is 0. The molecule has 4 fully saturated rings. The molecule has 0 aromatic carbocycles. The second kappa shape index (κ2) is 16.2. The molecule has 7 atom stereocenters. The Morgan fingerprint density at radius 3 is 2.37 bits per heavy atom. The van der Waals surface area contributed by atoms with Crippen LogP contribution >= 0.6 is 0 Å². The lowest BCUT2D eigenvalue weighted by atomic mass is 9.60. The van der Waals surface area contributed by atoms with Crippen molar-refractivity contribution in [3.8, 4) is 0 Å². The topological polar surface area (TPSA) is 55.4 Å². The molecule has 0 spiro atoms. The summed E-state index contributed by atoms with van der Waals surface area (Å²) < 4.78 is 37.3. The minimum Gasteiger partial charge on any atom is -0.417 e. The van der Waals surface area contributed by atoms with Crippen LogP contribution in [0.5, 0.6) is 0 Å². The first kappa shape index (κ1) is 41.2. The largest absolute Gasteiger partial charge is 0.417 e. The van der Waals surface area contributed by atoms with Crippen molar-refractivity contribution < 1.29 is 28.1 Å². The summed E-state index contributed by atoms with van der Waals surface area (Å²) in [5.41, 5.74) is 2.96. The van der Waals surface area contributed by atoms with Crippen LogP contribution in [0.15, 0.2) is 23.3 Å². The van der Waals surface area contributed by atoms with E-state index in [0.717, 1.165) is 57.2 Å². The fourth-order valence-corrected chi connectivity index (χ4v) is 10.6. The molecule has 49 heavy (non-hydrogen) atoms. The van der Waals surface area contributed by atoms with E-state index in [0.29, 0.717) is 18.1 Å². The summed E-state index contributed by atoms with van der Waals surface area (Å²) in [6.07, 6.45) is 19.0.